The van der Waals surface area contributed by atoms with E-state index < -0.39 is 0 Å². The zero-order valence-corrected chi connectivity index (χ0v) is 18.2. The molecular formula is C23H29N3O4. The maximum absolute atomic E-state index is 12.5. The van der Waals surface area contributed by atoms with Crippen LogP contribution in [0, 0.1) is 11.3 Å². The van der Waals surface area contributed by atoms with Gasteiger partial charge in [0, 0.05) is 43.4 Å². The molecule has 1 amide bonds. The van der Waals surface area contributed by atoms with Gasteiger partial charge in [-0.25, -0.2) is 0 Å². The van der Waals surface area contributed by atoms with E-state index in [1.54, 1.807) is 12.1 Å². The van der Waals surface area contributed by atoms with Gasteiger partial charge >= 0.3 is 0 Å². The fraction of sp³-hybridized carbons (Fsp3) is 0.391. The van der Waals surface area contributed by atoms with Crippen LogP contribution in [0.4, 0.5) is 5.69 Å². The first kappa shape index (κ1) is 23.0. The van der Waals surface area contributed by atoms with Crippen molar-refractivity contribution in [2.75, 3.05) is 33.2 Å². The summed E-state index contributed by atoms with van der Waals surface area (Å²) in [6, 6.07) is 13.3. The Morgan fingerprint density at radius 2 is 1.67 bits per heavy atom. The average Bonchev–Trinajstić information content (AvgIpc) is 2.75. The van der Waals surface area contributed by atoms with Crippen LogP contribution in [0.2, 0.25) is 0 Å². The Hall–Kier alpha value is -3.24. The van der Waals surface area contributed by atoms with Crippen LogP contribution in [0.3, 0.4) is 0 Å². The number of carbonyl (C=O) groups is 1. The predicted molar refractivity (Wildman–Crippen MR) is 116 cm³/mol. The highest BCUT2D eigenvalue weighted by Gasteiger charge is 2.16. The summed E-state index contributed by atoms with van der Waals surface area (Å²) >= 11 is 0. The lowest BCUT2D eigenvalue weighted by molar-refractivity contribution is -0.116. The van der Waals surface area contributed by atoms with Crippen molar-refractivity contribution in [1.29, 1.82) is 5.26 Å². The molecule has 7 heteroatoms. The molecule has 0 atom stereocenters. The van der Waals surface area contributed by atoms with Crippen molar-refractivity contribution >= 4 is 11.6 Å². The molecule has 0 aliphatic rings. The third kappa shape index (κ3) is 6.13. The molecule has 2 aromatic carbocycles. The number of hydrogen-bond acceptors (Lipinski definition) is 6. The number of nitriles is 1. The van der Waals surface area contributed by atoms with Gasteiger partial charge in [-0.1, -0.05) is 12.1 Å². The molecule has 7 nitrogen and oxygen atoms in total. The molecular weight excluding hydrogens is 382 g/mol. The maximum atomic E-state index is 12.5. The van der Waals surface area contributed by atoms with Gasteiger partial charge in [-0.15, -0.1) is 0 Å². The third-order valence-electron chi connectivity index (χ3n) is 4.77. The van der Waals surface area contributed by atoms with Crippen molar-refractivity contribution in [2.45, 2.75) is 32.9 Å². The Bertz CT molecular complexity index is 863. The van der Waals surface area contributed by atoms with Crippen LogP contribution in [-0.2, 0) is 11.3 Å². The topological polar surface area (TPSA) is 83.8 Å². The van der Waals surface area contributed by atoms with Crippen molar-refractivity contribution in [3.63, 3.8) is 0 Å². The van der Waals surface area contributed by atoms with E-state index in [2.05, 4.69) is 30.1 Å². The number of nitrogens with zero attached hydrogens (tertiary/aromatic N) is 2. The monoisotopic (exact) mass is 411 g/mol. The normalized spacial score (nSPS) is 10.6. The highest BCUT2D eigenvalue weighted by Crippen LogP contribution is 2.39. The number of nitrogens with one attached hydrogen (secondary N) is 1. The van der Waals surface area contributed by atoms with E-state index >= 15 is 0 Å². The Kier molecular flexibility index (Phi) is 8.51. The highest BCUT2D eigenvalue weighted by atomic mass is 16.5. The summed E-state index contributed by atoms with van der Waals surface area (Å²) in [7, 11) is 4.60. The lowest BCUT2D eigenvalue weighted by Gasteiger charge is -2.26. The van der Waals surface area contributed by atoms with Gasteiger partial charge in [0.05, 0.1) is 33.0 Å². The first-order valence-electron chi connectivity index (χ1n) is 9.74. The zero-order chi connectivity index (χ0) is 22.1. The van der Waals surface area contributed by atoms with Gasteiger partial charge in [-0.05, 0) is 31.5 Å². The van der Waals surface area contributed by atoms with E-state index in [1.807, 2.05) is 24.3 Å². The summed E-state index contributed by atoms with van der Waals surface area (Å²) < 4.78 is 16.0. The first-order chi connectivity index (χ1) is 14.4. The number of benzene rings is 2. The minimum atomic E-state index is -0.102. The molecule has 2 aromatic rings. The fourth-order valence-corrected chi connectivity index (χ4v) is 3.06. The molecule has 0 aliphatic carbocycles. The van der Waals surface area contributed by atoms with Crippen LogP contribution in [-0.4, -0.2) is 44.7 Å². The average molecular weight is 412 g/mol. The fourth-order valence-electron chi connectivity index (χ4n) is 3.06. The summed E-state index contributed by atoms with van der Waals surface area (Å²) in [6.45, 7) is 5.51. The van der Waals surface area contributed by atoms with Crippen molar-refractivity contribution < 1.29 is 19.0 Å². The quantitative estimate of drug-likeness (QED) is 0.640. The third-order valence-corrected chi connectivity index (χ3v) is 4.77. The van der Waals surface area contributed by atoms with E-state index in [0.717, 1.165) is 5.56 Å². The summed E-state index contributed by atoms with van der Waals surface area (Å²) in [5.41, 5.74) is 2.32. The van der Waals surface area contributed by atoms with Crippen molar-refractivity contribution in [1.82, 2.24) is 4.90 Å². The van der Waals surface area contributed by atoms with E-state index in [4.69, 9.17) is 19.5 Å². The number of methoxy groups -OCH3 is 3. The summed E-state index contributed by atoms with van der Waals surface area (Å²) in [5, 5.41) is 11.8. The smallest absolute Gasteiger partial charge is 0.225 e. The summed E-state index contributed by atoms with van der Waals surface area (Å²) in [4.78, 5) is 14.8. The van der Waals surface area contributed by atoms with E-state index in [-0.39, 0.29) is 11.9 Å². The summed E-state index contributed by atoms with van der Waals surface area (Å²) in [6.07, 6.45) is 0.338. The molecule has 0 aliphatic heterocycles. The van der Waals surface area contributed by atoms with Gasteiger partial charge in [0.1, 0.15) is 0 Å². The maximum Gasteiger partial charge on any atom is 0.225 e. The van der Waals surface area contributed by atoms with Crippen LogP contribution in [0.1, 0.15) is 31.4 Å². The Balaban J connectivity index is 2.01. The molecule has 0 saturated carbocycles. The molecule has 160 valence electrons. The molecule has 0 saturated heterocycles. The molecule has 0 bridgehead atoms. The minimum absolute atomic E-state index is 0.102. The van der Waals surface area contributed by atoms with E-state index in [0.29, 0.717) is 48.0 Å². The zero-order valence-electron chi connectivity index (χ0n) is 18.2. The van der Waals surface area contributed by atoms with Crippen LogP contribution >= 0.6 is 0 Å². The second kappa shape index (κ2) is 11.1. The van der Waals surface area contributed by atoms with Crippen molar-refractivity contribution in [2.24, 2.45) is 0 Å². The van der Waals surface area contributed by atoms with Gasteiger partial charge < -0.3 is 19.5 Å². The largest absolute Gasteiger partial charge is 0.493 e. The second-order valence-electron chi connectivity index (χ2n) is 7.09. The molecule has 0 aromatic heterocycles. The molecule has 0 spiro atoms. The van der Waals surface area contributed by atoms with Gasteiger partial charge in [0.25, 0.3) is 0 Å². The molecule has 2 rings (SSSR count). The number of ether oxygens (including phenoxy) is 3. The number of anilines is 1. The SMILES string of the molecule is COc1cc(NC(=O)CCN(Cc2ccc(C#N)cc2)C(C)C)cc(OC)c1OC. The van der Waals surface area contributed by atoms with Gasteiger partial charge in [0.2, 0.25) is 11.7 Å². The number of carbonyl (C=O) groups excluding carboxylic acids is 1. The van der Waals surface area contributed by atoms with Gasteiger partial charge in [-0.3, -0.25) is 9.69 Å². The minimum Gasteiger partial charge on any atom is -0.493 e. The van der Waals surface area contributed by atoms with E-state index in [1.165, 1.54) is 21.3 Å². The Labute approximate surface area is 178 Å². The number of rotatable bonds is 10. The van der Waals surface area contributed by atoms with Crippen LogP contribution in [0.25, 0.3) is 0 Å². The first-order valence-corrected chi connectivity index (χ1v) is 9.74. The molecule has 0 fully saturated rings. The summed E-state index contributed by atoms with van der Waals surface area (Å²) in [5.74, 6) is 1.34. The number of hydrogen-bond donors (Lipinski definition) is 1. The molecule has 30 heavy (non-hydrogen) atoms. The molecule has 0 heterocycles. The highest BCUT2D eigenvalue weighted by molar-refractivity contribution is 5.91. The Morgan fingerprint density at radius 1 is 1.07 bits per heavy atom. The second-order valence-corrected chi connectivity index (χ2v) is 7.09. The molecule has 0 unspecified atom stereocenters. The molecule has 0 radical (unpaired) electrons. The Morgan fingerprint density at radius 3 is 2.13 bits per heavy atom. The molecule has 1 N–H and O–H groups in total. The van der Waals surface area contributed by atoms with Crippen LogP contribution in [0.15, 0.2) is 36.4 Å². The van der Waals surface area contributed by atoms with Crippen LogP contribution in [0.5, 0.6) is 17.2 Å². The number of amides is 1. The predicted octanol–water partition coefficient (Wildman–Crippen LogP) is 3.82. The lowest BCUT2D eigenvalue weighted by Crippen LogP contribution is -2.33. The van der Waals surface area contributed by atoms with Crippen molar-refractivity contribution in [3.8, 4) is 23.3 Å². The van der Waals surface area contributed by atoms with Gasteiger partial charge in [0.15, 0.2) is 11.5 Å². The van der Waals surface area contributed by atoms with Gasteiger partial charge in [-0.2, -0.15) is 5.26 Å². The van der Waals surface area contributed by atoms with Crippen molar-refractivity contribution in [3.05, 3.63) is 47.5 Å². The van der Waals surface area contributed by atoms with Crippen LogP contribution < -0.4 is 19.5 Å². The standard InChI is InChI=1S/C23H29N3O4/c1-16(2)26(15-18-8-6-17(14-24)7-9-18)11-10-22(27)25-19-12-20(28-3)23(30-5)21(13-19)29-4/h6-9,12-13,16H,10-11,15H2,1-5H3,(H,25,27). The lowest BCUT2D eigenvalue weighted by atomic mass is 10.1. The van der Waals surface area contributed by atoms with E-state index in [9.17, 15) is 4.79 Å².